The van der Waals surface area contributed by atoms with Crippen molar-refractivity contribution in [1.29, 1.82) is 0 Å². The van der Waals surface area contributed by atoms with E-state index < -0.39 is 16.8 Å². The molecule has 0 aliphatic rings. The first-order valence-electron chi connectivity index (χ1n) is 4.42. The van der Waals surface area contributed by atoms with Crippen LogP contribution >= 0.6 is 0 Å². The third kappa shape index (κ3) is 7.81. The number of esters is 1. The molecule has 0 bridgehead atoms. The molecule has 0 saturated carbocycles. The van der Waals surface area contributed by atoms with Gasteiger partial charge in [-0.15, -0.1) is 0 Å². The molecule has 0 amide bonds. The molecule has 0 heterocycles. The number of carbonyl (C=O) groups excluding carboxylic acids is 1. The molecule has 14 heavy (non-hydrogen) atoms. The van der Waals surface area contributed by atoms with Gasteiger partial charge < -0.3 is 4.74 Å². The summed E-state index contributed by atoms with van der Waals surface area (Å²) in [5, 5.41) is 2.53. The number of hydrogen-bond donors (Lipinski definition) is 0. The lowest BCUT2D eigenvalue weighted by atomic mass is 9.99. The third-order valence-corrected chi connectivity index (χ3v) is 1.92. The molecule has 4 heteroatoms. The monoisotopic (exact) mass is 216 g/mol. The van der Waals surface area contributed by atoms with Crippen molar-refractivity contribution < 1.29 is 13.7 Å². The van der Waals surface area contributed by atoms with Gasteiger partial charge in [-0.3, -0.25) is 4.79 Å². The first-order valence-corrected chi connectivity index (χ1v) is 5.74. The highest BCUT2D eigenvalue weighted by atomic mass is 32.2. The molecule has 0 N–H and O–H groups in total. The minimum absolute atomic E-state index is 0.142. The summed E-state index contributed by atoms with van der Waals surface area (Å²) in [5.41, 5.74) is -0.190. The average molecular weight is 216 g/mol. The first-order chi connectivity index (χ1) is 6.35. The van der Waals surface area contributed by atoms with Crippen molar-refractivity contribution in [3.05, 3.63) is 0 Å². The van der Waals surface area contributed by atoms with Crippen LogP contribution in [-0.2, 0) is 20.3 Å². The van der Waals surface area contributed by atoms with Crippen LogP contribution in [0.5, 0.6) is 0 Å². The molecule has 0 aliphatic heterocycles. The summed E-state index contributed by atoms with van der Waals surface area (Å²) in [4.78, 5) is 10.9. The standard InChI is InChI=1S/C10H16O3S/c1-5-13-9(11)8-14(12)7-6-10(2,3)4/h5,8H2,1-4H3. The maximum absolute atomic E-state index is 11.2. The maximum atomic E-state index is 11.2. The largest absolute Gasteiger partial charge is 0.465 e. The van der Waals surface area contributed by atoms with Gasteiger partial charge in [0.2, 0.25) is 0 Å². The van der Waals surface area contributed by atoms with Crippen LogP contribution in [-0.4, -0.2) is 22.5 Å². The number of ether oxygens (including phenoxy) is 1. The quantitative estimate of drug-likeness (QED) is 0.527. The maximum Gasteiger partial charge on any atom is 0.319 e. The van der Waals surface area contributed by atoms with E-state index in [2.05, 4.69) is 15.9 Å². The van der Waals surface area contributed by atoms with Crippen LogP contribution in [0.4, 0.5) is 0 Å². The molecule has 3 nitrogen and oxygen atoms in total. The molecule has 0 spiro atoms. The smallest absolute Gasteiger partial charge is 0.319 e. The Balaban J connectivity index is 4.09. The number of rotatable bonds is 3. The summed E-state index contributed by atoms with van der Waals surface area (Å²) >= 11 is 0. The Morgan fingerprint density at radius 1 is 1.43 bits per heavy atom. The Morgan fingerprint density at radius 3 is 2.43 bits per heavy atom. The van der Waals surface area contributed by atoms with Crippen LogP contribution in [0.25, 0.3) is 0 Å². The van der Waals surface area contributed by atoms with Gasteiger partial charge in [-0.2, -0.15) is 0 Å². The van der Waals surface area contributed by atoms with Crippen molar-refractivity contribution in [1.82, 2.24) is 0 Å². The molecular weight excluding hydrogens is 200 g/mol. The van der Waals surface area contributed by atoms with Gasteiger partial charge in [0.1, 0.15) is 16.6 Å². The number of hydrogen-bond acceptors (Lipinski definition) is 3. The second-order valence-corrected chi connectivity index (χ2v) is 4.96. The third-order valence-electron chi connectivity index (χ3n) is 1.09. The Bertz CT molecular complexity index is 278. The fourth-order valence-electron chi connectivity index (χ4n) is 0.556. The lowest BCUT2D eigenvalue weighted by Crippen LogP contribution is -2.13. The molecule has 0 saturated heterocycles. The zero-order chi connectivity index (χ0) is 11.2. The lowest BCUT2D eigenvalue weighted by Gasteiger charge is -2.06. The molecule has 80 valence electrons. The summed E-state index contributed by atoms with van der Waals surface area (Å²) in [5.74, 6) is 2.21. The highest BCUT2D eigenvalue weighted by molar-refractivity contribution is 7.90. The van der Waals surface area contributed by atoms with Gasteiger partial charge in [-0.05, 0) is 32.9 Å². The van der Waals surface area contributed by atoms with Crippen LogP contribution in [0.2, 0.25) is 0 Å². The predicted octanol–water partition coefficient (Wildman–Crippen LogP) is 1.31. The molecule has 0 rings (SSSR count). The predicted molar refractivity (Wildman–Crippen MR) is 56.9 cm³/mol. The Kier molecular flexibility index (Phi) is 5.47. The van der Waals surface area contributed by atoms with E-state index in [1.165, 1.54) is 0 Å². The van der Waals surface area contributed by atoms with E-state index in [0.717, 1.165) is 0 Å². The first kappa shape index (κ1) is 13.2. The van der Waals surface area contributed by atoms with Crippen LogP contribution in [0.3, 0.4) is 0 Å². The highest BCUT2D eigenvalue weighted by Crippen LogP contribution is 2.09. The van der Waals surface area contributed by atoms with Gasteiger partial charge in [0.15, 0.2) is 0 Å². The fourth-order valence-corrected chi connectivity index (χ4v) is 1.35. The van der Waals surface area contributed by atoms with Crippen molar-refractivity contribution in [3.8, 4) is 11.2 Å². The van der Waals surface area contributed by atoms with Gasteiger partial charge in [0, 0.05) is 5.41 Å². The van der Waals surface area contributed by atoms with Gasteiger partial charge >= 0.3 is 5.97 Å². The molecule has 0 aromatic carbocycles. The average Bonchev–Trinajstić information content (AvgIpc) is 2.00. The Morgan fingerprint density at radius 2 is 2.00 bits per heavy atom. The van der Waals surface area contributed by atoms with Gasteiger partial charge in [0.05, 0.1) is 6.61 Å². The summed E-state index contributed by atoms with van der Waals surface area (Å²) in [6.45, 7) is 7.77. The minimum Gasteiger partial charge on any atom is -0.465 e. The van der Waals surface area contributed by atoms with Crippen molar-refractivity contribution in [2.24, 2.45) is 5.41 Å². The Hall–Kier alpha value is -0.820. The molecule has 0 fully saturated rings. The zero-order valence-corrected chi connectivity index (χ0v) is 9.86. The van der Waals surface area contributed by atoms with Crippen molar-refractivity contribution in [2.75, 3.05) is 12.4 Å². The van der Waals surface area contributed by atoms with Gasteiger partial charge in [-0.1, -0.05) is 5.92 Å². The topological polar surface area (TPSA) is 43.4 Å². The SMILES string of the molecule is CCOC(=O)CS(=O)C#CC(C)(C)C. The zero-order valence-electron chi connectivity index (χ0n) is 9.05. The van der Waals surface area contributed by atoms with Crippen LogP contribution in [0.1, 0.15) is 27.7 Å². The van der Waals surface area contributed by atoms with E-state index in [1.54, 1.807) is 6.92 Å². The summed E-state index contributed by atoms with van der Waals surface area (Å²) in [6.07, 6.45) is 0. The molecule has 0 radical (unpaired) electrons. The van der Waals surface area contributed by atoms with E-state index in [4.69, 9.17) is 0 Å². The van der Waals surface area contributed by atoms with Crippen LogP contribution < -0.4 is 0 Å². The summed E-state index contributed by atoms with van der Waals surface area (Å²) < 4.78 is 15.9. The van der Waals surface area contributed by atoms with E-state index in [1.807, 2.05) is 20.8 Å². The van der Waals surface area contributed by atoms with E-state index in [0.29, 0.717) is 6.61 Å². The van der Waals surface area contributed by atoms with E-state index in [-0.39, 0.29) is 11.2 Å². The molecular formula is C10H16O3S. The van der Waals surface area contributed by atoms with Crippen molar-refractivity contribution in [2.45, 2.75) is 27.7 Å². The number of carbonyl (C=O) groups is 1. The summed E-state index contributed by atoms with van der Waals surface area (Å²) in [7, 11) is -1.43. The van der Waals surface area contributed by atoms with E-state index >= 15 is 0 Å². The Labute approximate surface area is 87.7 Å². The minimum atomic E-state index is -1.43. The van der Waals surface area contributed by atoms with Crippen molar-refractivity contribution >= 4 is 16.8 Å². The lowest BCUT2D eigenvalue weighted by molar-refractivity contribution is -0.139. The molecule has 1 unspecified atom stereocenters. The molecule has 1 atom stereocenters. The second kappa shape index (κ2) is 5.82. The van der Waals surface area contributed by atoms with Crippen LogP contribution in [0, 0.1) is 16.6 Å². The summed E-state index contributed by atoms with van der Waals surface area (Å²) in [6, 6.07) is 0. The van der Waals surface area contributed by atoms with Crippen LogP contribution in [0.15, 0.2) is 0 Å². The van der Waals surface area contributed by atoms with E-state index in [9.17, 15) is 9.00 Å². The highest BCUT2D eigenvalue weighted by Gasteiger charge is 2.08. The van der Waals surface area contributed by atoms with Crippen molar-refractivity contribution in [3.63, 3.8) is 0 Å². The molecule has 0 aliphatic carbocycles. The van der Waals surface area contributed by atoms with Gasteiger partial charge in [-0.25, -0.2) is 4.21 Å². The normalized spacial score (nSPS) is 12.6. The molecule has 0 aromatic heterocycles. The fraction of sp³-hybridized carbons (Fsp3) is 0.700. The van der Waals surface area contributed by atoms with Gasteiger partial charge in [0.25, 0.3) is 0 Å². The second-order valence-electron chi connectivity index (χ2n) is 3.77. The molecule has 0 aromatic rings.